The topological polar surface area (TPSA) is 117 Å². The molecule has 0 unspecified atom stereocenters. The molecule has 1 fully saturated rings. The summed E-state index contributed by atoms with van der Waals surface area (Å²) in [6.45, 7) is 2.27. The van der Waals surface area contributed by atoms with E-state index >= 15 is 0 Å². The van der Waals surface area contributed by atoms with Crippen molar-refractivity contribution < 1.29 is 14.5 Å². The molecule has 3 amide bonds. The average Bonchev–Trinajstić information content (AvgIpc) is 2.90. The van der Waals surface area contributed by atoms with Crippen LogP contribution in [0.5, 0.6) is 0 Å². The number of hydrogen-bond acceptors (Lipinski definition) is 5. The molecular formula is C27H29N5O4. The summed E-state index contributed by atoms with van der Waals surface area (Å²) < 4.78 is 0. The normalized spacial score (nSPS) is 13.1. The number of carbonyl (C=O) groups excluding carboxylic acids is 2. The largest absolute Gasteiger partial charge is 0.371 e. The summed E-state index contributed by atoms with van der Waals surface area (Å²) >= 11 is 0. The number of carbonyl (C=O) groups is 2. The Kier molecular flexibility index (Phi) is 8.12. The number of nitro groups is 1. The summed E-state index contributed by atoms with van der Waals surface area (Å²) in [6, 6.07) is 20.4. The molecule has 0 spiro atoms. The van der Waals surface area contributed by atoms with Gasteiger partial charge in [-0.15, -0.1) is 0 Å². The first kappa shape index (κ1) is 24.7. The van der Waals surface area contributed by atoms with E-state index in [1.54, 1.807) is 12.1 Å². The molecule has 36 heavy (non-hydrogen) atoms. The van der Waals surface area contributed by atoms with Crippen LogP contribution in [0.3, 0.4) is 0 Å². The third kappa shape index (κ3) is 6.59. The first-order valence-electron chi connectivity index (χ1n) is 12.0. The van der Waals surface area contributed by atoms with Crippen LogP contribution in [0.15, 0.2) is 72.8 Å². The molecular weight excluding hydrogens is 458 g/mol. The van der Waals surface area contributed by atoms with E-state index in [0.717, 1.165) is 43.6 Å². The van der Waals surface area contributed by atoms with Crippen molar-refractivity contribution in [1.82, 2.24) is 5.32 Å². The highest BCUT2D eigenvalue weighted by Crippen LogP contribution is 2.27. The second-order valence-corrected chi connectivity index (χ2v) is 8.65. The number of nitrogens with one attached hydrogen (secondary N) is 3. The molecule has 1 aliphatic heterocycles. The van der Waals surface area contributed by atoms with Gasteiger partial charge < -0.3 is 20.9 Å². The lowest BCUT2D eigenvalue weighted by Gasteiger charge is -2.30. The van der Waals surface area contributed by atoms with Gasteiger partial charge in [-0.25, -0.2) is 4.79 Å². The number of benzene rings is 3. The maximum atomic E-state index is 13.2. The van der Waals surface area contributed by atoms with Crippen molar-refractivity contribution in [3.63, 3.8) is 0 Å². The van der Waals surface area contributed by atoms with Crippen LogP contribution < -0.4 is 20.9 Å². The number of non-ortho nitro benzene ring substituents is 1. The van der Waals surface area contributed by atoms with Crippen molar-refractivity contribution >= 4 is 34.7 Å². The maximum Gasteiger partial charge on any atom is 0.323 e. The molecule has 0 saturated carbocycles. The molecule has 186 valence electrons. The molecule has 1 aliphatic rings. The predicted molar refractivity (Wildman–Crippen MR) is 141 cm³/mol. The molecule has 0 aliphatic carbocycles. The highest BCUT2D eigenvalue weighted by molar-refractivity contribution is 6.04. The number of nitrogens with zero attached hydrogens (tertiary/aromatic N) is 2. The molecule has 0 bridgehead atoms. The Bertz CT molecular complexity index is 1210. The molecule has 9 heteroatoms. The van der Waals surface area contributed by atoms with Crippen molar-refractivity contribution in [2.24, 2.45) is 0 Å². The minimum atomic E-state index is -0.509. The van der Waals surface area contributed by atoms with E-state index < -0.39 is 11.0 Å². The monoisotopic (exact) mass is 487 g/mol. The van der Waals surface area contributed by atoms with Gasteiger partial charge in [0.15, 0.2) is 0 Å². The summed E-state index contributed by atoms with van der Waals surface area (Å²) in [5.74, 6) is -0.189. The van der Waals surface area contributed by atoms with Crippen LogP contribution >= 0.6 is 0 Å². The Morgan fingerprint density at radius 2 is 1.53 bits per heavy atom. The Balaban J connectivity index is 1.46. The van der Waals surface area contributed by atoms with Gasteiger partial charge in [0, 0.05) is 48.8 Å². The zero-order valence-corrected chi connectivity index (χ0v) is 19.9. The Morgan fingerprint density at radius 3 is 2.22 bits per heavy atom. The van der Waals surface area contributed by atoms with Crippen LogP contribution in [0.2, 0.25) is 0 Å². The van der Waals surface area contributed by atoms with Gasteiger partial charge in [0.05, 0.1) is 10.5 Å². The van der Waals surface area contributed by atoms with Gasteiger partial charge >= 0.3 is 6.03 Å². The molecule has 4 rings (SSSR count). The number of anilines is 3. The molecule has 3 aromatic carbocycles. The summed E-state index contributed by atoms with van der Waals surface area (Å²) in [7, 11) is 0. The zero-order valence-electron chi connectivity index (χ0n) is 19.9. The molecule has 0 atom stereocenters. The first-order valence-corrected chi connectivity index (χ1v) is 12.0. The third-order valence-corrected chi connectivity index (χ3v) is 6.07. The van der Waals surface area contributed by atoms with Crippen molar-refractivity contribution in [1.29, 1.82) is 0 Å². The van der Waals surface area contributed by atoms with Crippen LogP contribution in [0, 0.1) is 10.1 Å². The zero-order chi connectivity index (χ0) is 25.3. The van der Waals surface area contributed by atoms with Crippen LogP contribution in [-0.2, 0) is 6.42 Å². The van der Waals surface area contributed by atoms with Gasteiger partial charge in [-0.1, -0.05) is 30.3 Å². The fourth-order valence-corrected chi connectivity index (χ4v) is 4.23. The van der Waals surface area contributed by atoms with Crippen molar-refractivity contribution in [2.75, 3.05) is 35.2 Å². The van der Waals surface area contributed by atoms with E-state index in [1.165, 1.54) is 30.7 Å². The fourth-order valence-electron chi connectivity index (χ4n) is 4.23. The highest BCUT2D eigenvalue weighted by Gasteiger charge is 2.20. The second-order valence-electron chi connectivity index (χ2n) is 8.65. The summed E-state index contributed by atoms with van der Waals surface area (Å²) in [4.78, 5) is 38.3. The Hall–Kier alpha value is -4.40. The number of rotatable bonds is 8. The standard InChI is InChI=1S/C27H29N5O4/c33-26(28-16-15-20-7-3-1-4-8-20)24-19-22(11-14-25(24)31-17-5-2-6-18-31)30-27(34)29-21-9-12-23(13-10-21)32(35)36/h1,3-4,7-14,19H,2,5-6,15-18H2,(H,28,33)(H2,29,30,34). The van der Waals surface area contributed by atoms with Crippen LogP contribution in [0.25, 0.3) is 0 Å². The number of amides is 3. The SMILES string of the molecule is O=C(Nc1ccc([N+](=O)[O-])cc1)Nc1ccc(N2CCCCC2)c(C(=O)NCCc2ccccc2)c1. The molecule has 9 nitrogen and oxygen atoms in total. The van der Waals surface area contributed by atoms with Crippen LogP contribution in [0.1, 0.15) is 35.2 Å². The molecule has 3 aromatic rings. The maximum absolute atomic E-state index is 13.2. The highest BCUT2D eigenvalue weighted by atomic mass is 16.6. The van der Waals surface area contributed by atoms with Gasteiger partial charge in [-0.3, -0.25) is 14.9 Å². The van der Waals surface area contributed by atoms with E-state index in [-0.39, 0.29) is 11.6 Å². The van der Waals surface area contributed by atoms with Crippen molar-refractivity contribution in [3.05, 3.63) is 94.0 Å². The molecule has 0 radical (unpaired) electrons. The minimum absolute atomic E-state index is 0.0582. The lowest BCUT2D eigenvalue weighted by molar-refractivity contribution is -0.384. The number of hydrogen-bond donors (Lipinski definition) is 3. The average molecular weight is 488 g/mol. The lowest BCUT2D eigenvalue weighted by Crippen LogP contribution is -2.33. The fraction of sp³-hybridized carbons (Fsp3) is 0.259. The number of nitro benzene ring substituents is 1. The lowest BCUT2D eigenvalue weighted by atomic mass is 10.1. The van der Waals surface area contributed by atoms with Crippen LogP contribution in [0.4, 0.5) is 27.5 Å². The van der Waals surface area contributed by atoms with E-state index in [0.29, 0.717) is 23.5 Å². The molecule has 3 N–H and O–H groups in total. The number of piperidine rings is 1. The van der Waals surface area contributed by atoms with Gasteiger partial charge in [0.1, 0.15) is 0 Å². The van der Waals surface area contributed by atoms with E-state index in [9.17, 15) is 19.7 Å². The van der Waals surface area contributed by atoms with Gasteiger partial charge in [-0.05, 0) is 61.6 Å². The van der Waals surface area contributed by atoms with Gasteiger partial charge in [0.2, 0.25) is 0 Å². The Morgan fingerprint density at radius 1 is 0.861 bits per heavy atom. The quantitative estimate of drug-likeness (QED) is 0.298. The Labute approximate surface area is 209 Å². The molecule has 0 aromatic heterocycles. The van der Waals surface area contributed by atoms with E-state index in [1.807, 2.05) is 36.4 Å². The van der Waals surface area contributed by atoms with E-state index in [2.05, 4.69) is 20.9 Å². The number of urea groups is 1. The predicted octanol–water partition coefficient (Wildman–Crippen LogP) is 5.20. The van der Waals surface area contributed by atoms with Gasteiger partial charge in [0.25, 0.3) is 11.6 Å². The summed E-state index contributed by atoms with van der Waals surface area (Å²) in [5, 5.41) is 19.2. The van der Waals surface area contributed by atoms with E-state index in [4.69, 9.17) is 0 Å². The van der Waals surface area contributed by atoms with Gasteiger partial charge in [-0.2, -0.15) is 0 Å². The summed E-state index contributed by atoms with van der Waals surface area (Å²) in [6.07, 6.45) is 4.05. The smallest absolute Gasteiger partial charge is 0.323 e. The third-order valence-electron chi connectivity index (χ3n) is 6.07. The van der Waals surface area contributed by atoms with Crippen molar-refractivity contribution in [3.8, 4) is 0 Å². The first-order chi connectivity index (χ1) is 17.5. The minimum Gasteiger partial charge on any atom is -0.371 e. The summed E-state index contributed by atoms with van der Waals surface area (Å²) in [5.41, 5.74) is 3.35. The second kappa shape index (κ2) is 11.8. The molecule has 1 saturated heterocycles. The van der Waals surface area contributed by atoms with Crippen molar-refractivity contribution in [2.45, 2.75) is 25.7 Å². The van der Waals surface area contributed by atoms with Crippen LogP contribution in [-0.4, -0.2) is 36.5 Å². The molecule has 1 heterocycles.